The predicted molar refractivity (Wildman–Crippen MR) is 104 cm³/mol. The van der Waals surface area contributed by atoms with Crippen LogP contribution in [0.2, 0.25) is 0 Å². The van der Waals surface area contributed by atoms with Gasteiger partial charge in [-0.25, -0.2) is 9.07 Å². The van der Waals surface area contributed by atoms with Crippen LogP contribution in [-0.4, -0.2) is 26.8 Å². The first-order chi connectivity index (χ1) is 13.5. The third-order valence-corrected chi connectivity index (χ3v) is 3.69. The highest BCUT2D eigenvalue weighted by atomic mass is 19.1. The zero-order valence-corrected chi connectivity index (χ0v) is 15.1. The Balaban J connectivity index is 1.62. The van der Waals surface area contributed by atoms with Crippen LogP contribution >= 0.6 is 0 Å². The second kappa shape index (κ2) is 8.72. The molecular formula is C20H18FN5O2. The molecular weight excluding hydrogens is 361 g/mol. The highest BCUT2D eigenvalue weighted by molar-refractivity contribution is 6.02. The van der Waals surface area contributed by atoms with Crippen molar-refractivity contribution >= 4 is 29.3 Å². The van der Waals surface area contributed by atoms with Crippen LogP contribution in [0.4, 0.5) is 15.8 Å². The second-order valence-electron chi connectivity index (χ2n) is 6.02. The first-order valence-corrected chi connectivity index (χ1v) is 8.50. The van der Waals surface area contributed by atoms with Gasteiger partial charge in [0, 0.05) is 18.7 Å². The van der Waals surface area contributed by atoms with E-state index >= 15 is 0 Å². The van der Waals surface area contributed by atoms with Crippen molar-refractivity contribution in [3.63, 3.8) is 0 Å². The smallest absolute Gasteiger partial charge is 0.248 e. The van der Waals surface area contributed by atoms with Gasteiger partial charge in [0.15, 0.2) is 0 Å². The lowest BCUT2D eigenvalue weighted by Crippen LogP contribution is -2.11. The minimum atomic E-state index is -0.607. The molecule has 0 saturated carbocycles. The molecule has 7 nitrogen and oxygen atoms in total. The van der Waals surface area contributed by atoms with E-state index in [-0.39, 0.29) is 11.6 Å². The molecule has 0 spiro atoms. The minimum Gasteiger partial charge on any atom is -0.326 e. The maximum Gasteiger partial charge on any atom is 0.248 e. The highest BCUT2D eigenvalue weighted by Gasteiger charge is 2.07. The largest absolute Gasteiger partial charge is 0.326 e. The summed E-state index contributed by atoms with van der Waals surface area (Å²) in [6, 6.07) is 13.7. The molecule has 0 unspecified atom stereocenters. The van der Waals surface area contributed by atoms with Gasteiger partial charge in [-0.15, -0.1) is 5.10 Å². The SMILES string of the molecule is CC(=O)Nc1ccc(F)c(NC(=O)/C=C/c2cn(Cc3ccccc3)nn2)c1. The van der Waals surface area contributed by atoms with E-state index in [1.54, 1.807) is 10.9 Å². The van der Waals surface area contributed by atoms with Gasteiger partial charge in [0.25, 0.3) is 0 Å². The minimum absolute atomic E-state index is 0.0337. The van der Waals surface area contributed by atoms with Crippen LogP contribution in [0.3, 0.4) is 0 Å². The average Bonchev–Trinajstić information content (AvgIpc) is 3.10. The Morgan fingerprint density at radius 1 is 1.14 bits per heavy atom. The van der Waals surface area contributed by atoms with Crippen LogP contribution in [0.25, 0.3) is 6.08 Å². The molecule has 0 radical (unpaired) electrons. The number of anilines is 2. The Morgan fingerprint density at radius 2 is 1.93 bits per heavy atom. The lowest BCUT2D eigenvalue weighted by Gasteiger charge is -2.07. The van der Waals surface area contributed by atoms with Gasteiger partial charge in [-0.05, 0) is 29.8 Å². The number of rotatable bonds is 6. The van der Waals surface area contributed by atoms with Crippen molar-refractivity contribution in [2.45, 2.75) is 13.5 Å². The normalized spacial score (nSPS) is 10.8. The van der Waals surface area contributed by atoms with E-state index in [4.69, 9.17) is 0 Å². The molecule has 0 saturated heterocycles. The number of benzene rings is 2. The number of halogens is 1. The molecule has 3 rings (SSSR count). The van der Waals surface area contributed by atoms with Crippen molar-refractivity contribution in [1.82, 2.24) is 15.0 Å². The van der Waals surface area contributed by atoms with Gasteiger partial charge in [-0.3, -0.25) is 9.59 Å². The average molecular weight is 379 g/mol. The molecule has 142 valence electrons. The summed E-state index contributed by atoms with van der Waals surface area (Å²) in [6.07, 6.45) is 4.43. The molecule has 0 fully saturated rings. The summed E-state index contributed by atoms with van der Waals surface area (Å²) in [4.78, 5) is 23.2. The van der Waals surface area contributed by atoms with Gasteiger partial charge in [0.2, 0.25) is 11.8 Å². The van der Waals surface area contributed by atoms with Crippen molar-refractivity contribution in [3.05, 3.63) is 77.9 Å². The third-order valence-electron chi connectivity index (χ3n) is 3.69. The van der Waals surface area contributed by atoms with E-state index < -0.39 is 11.7 Å². The fourth-order valence-electron chi connectivity index (χ4n) is 2.48. The Bertz CT molecular complexity index is 1010. The van der Waals surface area contributed by atoms with Gasteiger partial charge < -0.3 is 10.6 Å². The molecule has 1 aromatic heterocycles. The van der Waals surface area contributed by atoms with Crippen molar-refractivity contribution in [3.8, 4) is 0 Å². The predicted octanol–water partition coefficient (Wildman–Crippen LogP) is 3.08. The van der Waals surface area contributed by atoms with E-state index in [1.165, 1.54) is 37.3 Å². The summed E-state index contributed by atoms with van der Waals surface area (Å²) in [5.41, 5.74) is 1.93. The molecule has 3 aromatic rings. The fourth-order valence-corrected chi connectivity index (χ4v) is 2.48. The van der Waals surface area contributed by atoms with Gasteiger partial charge in [-0.1, -0.05) is 35.5 Å². The van der Waals surface area contributed by atoms with Crippen LogP contribution in [0.1, 0.15) is 18.2 Å². The highest BCUT2D eigenvalue weighted by Crippen LogP contribution is 2.19. The number of carbonyl (C=O) groups is 2. The van der Waals surface area contributed by atoms with E-state index in [0.717, 1.165) is 5.56 Å². The number of nitrogens with one attached hydrogen (secondary N) is 2. The molecule has 28 heavy (non-hydrogen) atoms. The van der Waals surface area contributed by atoms with E-state index in [1.807, 2.05) is 30.3 Å². The zero-order valence-electron chi connectivity index (χ0n) is 15.1. The van der Waals surface area contributed by atoms with Gasteiger partial charge in [-0.2, -0.15) is 0 Å². The molecule has 2 amide bonds. The lowest BCUT2D eigenvalue weighted by molar-refractivity contribution is -0.114. The summed E-state index contributed by atoms with van der Waals surface area (Å²) < 4.78 is 15.5. The van der Waals surface area contributed by atoms with Crippen molar-refractivity contribution in [2.75, 3.05) is 10.6 Å². The maximum absolute atomic E-state index is 13.9. The van der Waals surface area contributed by atoms with E-state index in [0.29, 0.717) is 17.9 Å². The summed E-state index contributed by atoms with van der Waals surface area (Å²) in [7, 11) is 0. The number of nitrogens with zero attached hydrogens (tertiary/aromatic N) is 3. The topological polar surface area (TPSA) is 88.9 Å². The Kier molecular flexibility index (Phi) is 5.91. The molecule has 0 aliphatic carbocycles. The number of hydrogen-bond acceptors (Lipinski definition) is 4. The Labute approximate surface area is 160 Å². The Morgan fingerprint density at radius 3 is 2.68 bits per heavy atom. The molecule has 0 aliphatic rings. The Hall–Kier alpha value is -3.81. The van der Waals surface area contributed by atoms with Gasteiger partial charge in [0.05, 0.1) is 18.4 Å². The van der Waals surface area contributed by atoms with Crippen molar-refractivity contribution in [2.24, 2.45) is 0 Å². The van der Waals surface area contributed by atoms with E-state index in [9.17, 15) is 14.0 Å². The zero-order chi connectivity index (χ0) is 19.9. The van der Waals surface area contributed by atoms with Gasteiger partial charge in [0.1, 0.15) is 11.5 Å². The summed E-state index contributed by atoms with van der Waals surface area (Å²) in [5.74, 6) is -1.43. The third kappa shape index (κ3) is 5.34. The van der Waals surface area contributed by atoms with Crippen LogP contribution in [0.5, 0.6) is 0 Å². The second-order valence-corrected chi connectivity index (χ2v) is 6.02. The number of hydrogen-bond donors (Lipinski definition) is 2. The standard InChI is InChI=1S/C20H18FN5O2/c1-14(27)22-16-7-9-18(21)19(11-16)23-20(28)10-8-17-13-26(25-24-17)12-15-5-3-2-4-6-15/h2-11,13H,12H2,1H3,(H,22,27)(H,23,28)/b10-8+. The van der Waals surface area contributed by atoms with Crippen LogP contribution in [-0.2, 0) is 16.1 Å². The molecule has 2 N–H and O–H groups in total. The van der Waals surface area contributed by atoms with Crippen molar-refractivity contribution < 1.29 is 14.0 Å². The summed E-state index contributed by atoms with van der Waals surface area (Å²) >= 11 is 0. The lowest BCUT2D eigenvalue weighted by atomic mass is 10.2. The van der Waals surface area contributed by atoms with Crippen LogP contribution in [0.15, 0.2) is 60.8 Å². The first-order valence-electron chi connectivity index (χ1n) is 8.50. The molecule has 2 aromatic carbocycles. The first kappa shape index (κ1) is 19.0. The van der Waals surface area contributed by atoms with E-state index in [2.05, 4.69) is 20.9 Å². The molecule has 0 aliphatic heterocycles. The van der Waals surface area contributed by atoms with Crippen LogP contribution in [0, 0.1) is 5.82 Å². The van der Waals surface area contributed by atoms with Crippen molar-refractivity contribution in [1.29, 1.82) is 0 Å². The fraction of sp³-hybridized carbons (Fsp3) is 0.100. The number of aromatic nitrogens is 3. The molecule has 0 atom stereocenters. The molecule has 0 bridgehead atoms. The van der Waals surface area contributed by atoms with Crippen LogP contribution < -0.4 is 10.6 Å². The quantitative estimate of drug-likeness (QED) is 0.644. The summed E-state index contributed by atoms with van der Waals surface area (Å²) in [5, 5.41) is 13.0. The number of carbonyl (C=O) groups excluding carboxylic acids is 2. The summed E-state index contributed by atoms with van der Waals surface area (Å²) in [6.45, 7) is 1.91. The molecule has 1 heterocycles. The van der Waals surface area contributed by atoms with Gasteiger partial charge >= 0.3 is 0 Å². The molecule has 8 heteroatoms. The number of amides is 2. The monoisotopic (exact) mass is 379 g/mol. The maximum atomic E-state index is 13.9.